The highest BCUT2D eigenvalue weighted by Gasteiger charge is 2.24. The third-order valence-corrected chi connectivity index (χ3v) is 4.32. The number of hydrogen-bond donors (Lipinski definition) is 1. The predicted molar refractivity (Wildman–Crippen MR) is 84.9 cm³/mol. The molecule has 0 radical (unpaired) electrons. The van der Waals surface area contributed by atoms with E-state index in [2.05, 4.69) is 24.1 Å². The smallest absolute Gasteiger partial charge is 0.254 e. The largest absolute Gasteiger partial charge is 0.496 e. The van der Waals surface area contributed by atoms with Crippen molar-refractivity contribution in [3.8, 4) is 5.75 Å². The maximum atomic E-state index is 14.0. The first-order valence-electron chi connectivity index (χ1n) is 7.81. The van der Waals surface area contributed by atoms with Gasteiger partial charge >= 0.3 is 0 Å². The number of methoxy groups -OCH3 is 1. The van der Waals surface area contributed by atoms with Crippen LogP contribution in [0.1, 0.15) is 42.6 Å². The molecule has 0 bridgehead atoms. The number of aryl methyl sites for hydroxylation is 1. The summed E-state index contributed by atoms with van der Waals surface area (Å²) in [7, 11) is 1.52. The summed E-state index contributed by atoms with van der Waals surface area (Å²) in [4.78, 5) is 14.7. The zero-order valence-electron chi connectivity index (χ0n) is 13.8. The molecule has 1 saturated heterocycles. The standard InChI is InChI=1S/C17H25FN2O2/c1-11(2)20-7-5-13(6-8-20)19-17(21)14-10-16(22-4)12(3)9-15(14)18/h9-11,13H,5-8H2,1-4H3,(H,19,21). The number of hydrogen-bond acceptors (Lipinski definition) is 3. The minimum absolute atomic E-state index is 0.0498. The number of halogens is 1. The summed E-state index contributed by atoms with van der Waals surface area (Å²) in [6.07, 6.45) is 1.79. The lowest BCUT2D eigenvalue weighted by Crippen LogP contribution is -2.46. The van der Waals surface area contributed by atoms with Gasteiger partial charge in [-0.3, -0.25) is 4.79 Å². The van der Waals surface area contributed by atoms with Gasteiger partial charge in [0, 0.05) is 25.2 Å². The minimum atomic E-state index is -0.504. The van der Waals surface area contributed by atoms with Crippen molar-refractivity contribution in [2.45, 2.75) is 45.7 Å². The molecule has 0 unspecified atom stereocenters. The van der Waals surface area contributed by atoms with Gasteiger partial charge in [0.15, 0.2) is 0 Å². The highest BCUT2D eigenvalue weighted by molar-refractivity contribution is 5.95. The Morgan fingerprint density at radius 3 is 2.55 bits per heavy atom. The lowest BCUT2D eigenvalue weighted by molar-refractivity contribution is 0.0896. The topological polar surface area (TPSA) is 41.6 Å². The molecule has 1 aromatic carbocycles. The molecular formula is C17H25FN2O2. The lowest BCUT2D eigenvalue weighted by atomic mass is 10.0. The number of ether oxygens (including phenoxy) is 1. The fourth-order valence-corrected chi connectivity index (χ4v) is 2.87. The Hall–Kier alpha value is -1.62. The Labute approximate surface area is 131 Å². The SMILES string of the molecule is COc1cc(C(=O)NC2CCN(C(C)C)CC2)c(F)cc1C. The molecule has 0 aliphatic carbocycles. The van der Waals surface area contributed by atoms with Crippen LogP contribution in [0.4, 0.5) is 4.39 Å². The zero-order chi connectivity index (χ0) is 16.3. The van der Waals surface area contributed by atoms with Crippen LogP contribution in [0.2, 0.25) is 0 Å². The molecule has 1 N–H and O–H groups in total. The zero-order valence-corrected chi connectivity index (χ0v) is 13.8. The van der Waals surface area contributed by atoms with Gasteiger partial charge in [-0.1, -0.05) is 0 Å². The van der Waals surface area contributed by atoms with E-state index >= 15 is 0 Å². The maximum absolute atomic E-state index is 14.0. The molecule has 1 heterocycles. The molecular weight excluding hydrogens is 283 g/mol. The van der Waals surface area contributed by atoms with Crippen LogP contribution in [-0.4, -0.2) is 43.1 Å². The van der Waals surface area contributed by atoms with Crippen LogP contribution in [0.5, 0.6) is 5.75 Å². The number of amides is 1. The summed E-state index contributed by atoms with van der Waals surface area (Å²) in [6.45, 7) is 8.02. The minimum Gasteiger partial charge on any atom is -0.496 e. The third kappa shape index (κ3) is 3.77. The fraction of sp³-hybridized carbons (Fsp3) is 0.588. The number of rotatable bonds is 4. The molecule has 0 spiro atoms. The van der Waals surface area contributed by atoms with Gasteiger partial charge in [0.2, 0.25) is 0 Å². The summed E-state index contributed by atoms with van der Waals surface area (Å²) in [5, 5.41) is 2.95. The molecule has 1 amide bonds. The van der Waals surface area contributed by atoms with Crippen molar-refractivity contribution in [1.82, 2.24) is 10.2 Å². The monoisotopic (exact) mass is 308 g/mol. The molecule has 1 aliphatic heterocycles. The second-order valence-electron chi connectivity index (χ2n) is 6.18. The second kappa shape index (κ2) is 7.09. The molecule has 22 heavy (non-hydrogen) atoms. The Morgan fingerprint density at radius 2 is 2.00 bits per heavy atom. The van der Waals surface area contributed by atoms with Gasteiger partial charge in [-0.2, -0.15) is 0 Å². The van der Waals surface area contributed by atoms with Crippen LogP contribution < -0.4 is 10.1 Å². The van der Waals surface area contributed by atoms with Gasteiger partial charge in [-0.15, -0.1) is 0 Å². The van der Waals surface area contributed by atoms with E-state index in [0.29, 0.717) is 17.4 Å². The summed E-state index contributed by atoms with van der Waals surface area (Å²) in [5.41, 5.74) is 0.732. The van der Waals surface area contributed by atoms with Gasteiger partial charge < -0.3 is 15.0 Å². The van der Waals surface area contributed by atoms with E-state index < -0.39 is 5.82 Å². The van der Waals surface area contributed by atoms with Crippen LogP contribution in [0.25, 0.3) is 0 Å². The maximum Gasteiger partial charge on any atom is 0.254 e. The van der Waals surface area contributed by atoms with Crippen molar-refractivity contribution in [3.63, 3.8) is 0 Å². The molecule has 4 nitrogen and oxygen atoms in total. The van der Waals surface area contributed by atoms with E-state index in [1.54, 1.807) is 6.92 Å². The average molecular weight is 308 g/mol. The van der Waals surface area contributed by atoms with Gasteiger partial charge in [-0.25, -0.2) is 4.39 Å². The number of likely N-dealkylation sites (tertiary alicyclic amines) is 1. The second-order valence-corrected chi connectivity index (χ2v) is 6.18. The highest BCUT2D eigenvalue weighted by Crippen LogP contribution is 2.22. The van der Waals surface area contributed by atoms with E-state index in [-0.39, 0.29) is 17.5 Å². The summed E-state index contributed by atoms with van der Waals surface area (Å²) in [5.74, 6) is -0.338. The first-order valence-corrected chi connectivity index (χ1v) is 7.81. The van der Waals surface area contributed by atoms with Crippen molar-refractivity contribution in [2.75, 3.05) is 20.2 Å². The summed E-state index contributed by atoms with van der Waals surface area (Å²) >= 11 is 0. The van der Waals surface area contributed by atoms with Crippen molar-refractivity contribution >= 4 is 5.91 Å². The van der Waals surface area contributed by atoms with Crippen molar-refractivity contribution in [1.29, 1.82) is 0 Å². The van der Waals surface area contributed by atoms with Crippen LogP contribution in [0.3, 0.4) is 0 Å². The van der Waals surface area contributed by atoms with Crippen LogP contribution in [-0.2, 0) is 0 Å². The highest BCUT2D eigenvalue weighted by atomic mass is 19.1. The Bertz CT molecular complexity index is 538. The van der Waals surface area contributed by atoms with E-state index in [4.69, 9.17) is 4.74 Å². The fourth-order valence-electron chi connectivity index (χ4n) is 2.87. The Morgan fingerprint density at radius 1 is 1.36 bits per heavy atom. The Kier molecular flexibility index (Phi) is 5.40. The number of benzene rings is 1. The predicted octanol–water partition coefficient (Wildman–Crippen LogP) is 2.75. The van der Waals surface area contributed by atoms with E-state index in [9.17, 15) is 9.18 Å². The molecule has 0 atom stereocenters. The molecule has 1 fully saturated rings. The first kappa shape index (κ1) is 16.7. The van der Waals surface area contributed by atoms with E-state index in [0.717, 1.165) is 25.9 Å². The van der Waals surface area contributed by atoms with Crippen LogP contribution in [0, 0.1) is 12.7 Å². The quantitative estimate of drug-likeness (QED) is 0.930. The van der Waals surface area contributed by atoms with Gasteiger partial charge in [0.25, 0.3) is 5.91 Å². The molecule has 0 saturated carbocycles. The van der Waals surface area contributed by atoms with Crippen LogP contribution >= 0.6 is 0 Å². The lowest BCUT2D eigenvalue weighted by Gasteiger charge is -2.34. The molecule has 2 rings (SSSR count). The summed E-state index contributed by atoms with van der Waals surface area (Å²) in [6, 6.07) is 3.45. The van der Waals surface area contributed by atoms with Gasteiger partial charge in [0.1, 0.15) is 11.6 Å². The molecule has 1 aromatic rings. The van der Waals surface area contributed by atoms with Gasteiger partial charge in [0.05, 0.1) is 12.7 Å². The number of nitrogens with zero attached hydrogens (tertiary/aromatic N) is 1. The molecule has 5 heteroatoms. The third-order valence-electron chi connectivity index (χ3n) is 4.32. The number of carbonyl (C=O) groups excluding carboxylic acids is 1. The number of nitrogens with one attached hydrogen (secondary N) is 1. The van der Waals surface area contributed by atoms with Gasteiger partial charge in [-0.05, 0) is 51.3 Å². The van der Waals surface area contributed by atoms with E-state index in [1.165, 1.54) is 19.2 Å². The van der Waals surface area contributed by atoms with Crippen molar-refractivity contribution in [2.24, 2.45) is 0 Å². The van der Waals surface area contributed by atoms with Crippen molar-refractivity contribution < 1.29 is 13.9 Å². The first-order chi connectivity index (χ1) is 10.4. The Balaban J connectivity index is 2.01. The average Bonchev–Trinajstić information content (AvgIpc) is 2.47. The number of piperidine rings is 1. The van der Waals surface area contributed by atoms with Crippen LogP contribution in [0.15, 0.2) is 12.1 Å². The van der Waals surface area contributed by atoms with E-state index in [1.807, 2.05) is 0 Å². The summed E-state index contributed by atoms with van der Waals surface area (Å²) < 4.78 is 19.2. The van der Waals surface area contributed by atoms with Crippen molar-refractivity contribution in [3.05, 3.63) is 29.1 Å². The normalized spacial score (nSPS) is 16.8. The molecule has 122 valence electrons. The molecule has 1 aliphatic rings. The molecule has 0 aromatic heterocycles. The number of carbonyl (C=O) groups is 1.